The lowest BCUT2D eigenvalue weighted by Gasteiger charge is -2.08. The second kappa shape index (κ2) is 5.94. The first-order valence-electron chi connectivity index (χ1n) is 8.04. The van der Waals surface area contributed by atoms with Crippen LogP contribution in [0.3, 0.4) is 0 Å². The van der Waals surface area contributed by atoms with Crippen molar-refractivity contribution in [2.45, 2.75) is 32.9 Å². The third-order valence-corrected chi connectivity index (χ3v) is 5.24. The summed E-state index contributed by atoms with van der Waals surface area (Å²) in [6.45, 7) is 3.02. The smallest absolute Gasteiger partial charge is 0.226 e. The minimum Gasteiger partial charge on any atom is -0.486 e. The zero-order chi connectivity index (χ0) is 16.6. The van der Waals surface area contributed by atoms with Gasteiger partial charge in [0.05, 0.1) is 6.54 Å². The summed E-state index contributed by atoms with van der Waals surface area (Å²) in [5, 5.41) is 7.02. The molecule has 1 aliphatic carbocycles. The summed E-state index contributed by atoms with van der Waals surface area (Å²) in [5.74, 6) is 0.953. The van der Waals surface area contributed by atoms with Crippen LogP contribution in [0, 0.1) is 5.41 Å². The summed E-state index contributed by atoms with van der Waals surface area (Å²) in [7, 11) is 0. The molecule has 6 heteroatoms. The van der Waals surface area contributed by atoms with Crippen molar-refractivity contribution < 1.29 is 9.53 Å². The number of benzene rings is 1. The van der Waals surface area contributed by atoms with Crippen molar-refractivity contribution in [2.24, 2.45) is 5.41 Å². The van der Waals surface area contributed by atoms with Crippen LogP contribution in [0.15, 0.2) is 35.8 Å². The van der Waals surface area contributed by atoms with E-state index in [-0.39, 0.29) is 11.3 Å². The van der Waals surface area contributed by atoms with Gasteiger partial charge in [0.1, 0.15) is 17.4 Å². The van der Waals surface area contributed by atoms with Crippen molar-refractivity contribution in [3.63, 3.8) is 0 Å². The van der Waals surface area contributed by atoms with E-state index in [0.717, 1.165) is 40.2 Å². The van der Waals surface area contributed by atoms with Gasteiger partial charge >= 0.3 is 0 Å². The Morgan fingerprint density at radius 3 is 3.04 bits per heavy atom. The number of carbonyl (C=O) groups is 1. The molecule has 0 spiro atoms. The third kappa shape index (κ3) is 3.14. The molecule has 0 saturated heterocycles. The van der Waals surface area contributed by atoms with Crippen LogP contribution in [0.5, 0.6) is 5.75 Å². The molecule has 1 aliphatic rings. The molecule has 2 N–H and O–H groups in total. The van der Waals surface area contributed by atoms with Crippen LogP contribution in [0.2, 0.25) is 0 Å². The number of fused-ring (bicyclic) bond motifs is 1. The molecule has 1 amide bonds. The van der Waals surface area contributed by atoms with E-state index in [1.807, 2.05) is 30.5 Å². The Kier molecular flexibility index (Phi) is 3.76. The van der Waals surface area contributed by atoms with Gasteiger partial charge in [0.25, 0.3) is 0 Å². The monoisotopic (exact) mass is 341 g/mol. The van der Waals surface area contributed by atoms with Crippen molar-refractivity contribution in [1.29, 1.82) is 0 Å². The first-order valence-corrected chi connectivity index (χ1v) is 8.91. The second-order valence-electron chi connectivity index (χ2n) is 6.50. The number of hydrogen-bond acceptors (Lipinski definition) is 4. The molecule has 2 aromatic heterocycles. The highest BCUT2D eigenvalue weighted by Gasteiger charge is 2.44. The van der Waals surface area contributed by atoms with Gasteiger partial charge in [-0.25, -0.2) is 4.98 Å². The predicted molar refractivity (Wildman–Crippen MR) is 93.9 cm³/mol. The minimum atomic E-state index is -0.136. The Morgan fingerprint density at radius 1 is 1.42 bits per heavy atom. The van der Waals surface area contributed by atoms with E-state index in [1.165, 1.54) is 0 Å². The number of ether oxygens (including phenoxy) is 1. The van der Waals surface area contributed by atoms with Crippen LogP contribution in [0.1, 0.15) is 30.5 Å². The highest BCUT2D eigenvalue weighted by Crippen LogP contribution is 2.45. The summed E-state index contributed by atoms with van der Waals surface area (Å²) in [6.07, 6.45) is 3.76. The van der Waals surface area contributed by atoms with Crippen LogP contribution in [0.25, 0.3) is 10.9 Å². The summed E-state index contributed by atoms with van der Waals surface area (Å²) < 4.78 is 5.78. The predicted octanol–water partition coefficient (Wildman–Crippen LogP) is 3.62. The van der Waals surface area contributed by atoms with Crippen molar-refractivity contribution in [3.05, 3.63) is 46.5 Å². The topological polar surface area (TPSA) is 67.0 Å². The number of nitrogens with one attached hydrogen (secondary N) is 2. The molecular weight excluding hydrogens is 322 g/mol. The average Bonchev–Trinajstić information content (AvgIpc) is 3.03. The maximum Gasteiger partial charge on any atom is 0.226 e. The van der Waals surface area contributed by atoms with Gasteiger partial charge < -0.3 is 15.0 Å². The summed E-state index contributed by atoms with van der Waals surface area (Å²) in [4.78, 5) is 19.6. The Hall–Kier alpha value is -2.34. The highest BCUT2D eigenvalue weighted by atomic mass is 32.1. The zero-order valence-corrected chi connectivity index (χ0v) is 14.3. The van der Waals surface area contributed by atoms with E-state index in [4.69, 9.17) is 4.74 Å². The van der Waals surface area contributed by atoms with E-state index in [2.05, 4.69) is 21.4 Å². The van der Waals surface area contributed by atoms with Crippen molar-refractivity contribution >= 4 is 28.1 Å². The lowest BCUT2D eigenvalue weighted by Crippen LogP contribution is -2.29. The number of aromatic nitrogens is 2. The molecule has 0 aliphatic heterocycles. The normalized spacial score (nSPS) is 15.4. The van der Waals surface area contributed by atoms with Crippen LogP contribution in [0.4, 0.5) is 0 Å². The number of hydrogen-bond donors (Lipinski definition) is 2. The first kappa shape index (κ1) is 15.2. The van der Waals surface area contributed by atoms with Gasteiger partial charge in [-0.2, -0.15) is 0 Å². The maximum absolute atomic E-state index is 12.0. The molecule has 0 atom stereocenters. The van der Waals surface area contributed by atoms with Gasteiger partial charge in [-0.1, -0.05) is 6.92 Å². The molecule has 1 fully saturated rings. The number of carbonyl (C=O) groups excluding carboxylic acids is 1. The summed E-state index contributed by atoms with van der Waals surface area (Å²) >= 11 is 1.58. The van der Waals surface area contributed by atoms with E-state index in [1.54, 1.807) is 17.5 Å². The van der Waals surface area contributed by atoms with E-state index in [0.29, 0.717) is 13.2 Å². The molecule has 1 saturated carbocycles. The summed E-state index contributed by atoms with van der Waals surface area (Å²) in [6, 6.07) is 8.03. The Bertz CT molecular complexity index is 866. The molecule has 5 nitrogen and oxygen atoms in total. The SMILES string of the molecule is CC1(C(=O)NCc2cc3ccc(OCc4nccs4)cc3[nH]2)CC1. The quantitative estimate of drug-likeness (QED) is 0.719. The number of rotatable bonds is 6. The fourth-order valence-electron chi connectivity index (χ4n) is 2.62. The minimum absolute atomic E-state index is 0.136. The molecule has 2 heterocycles. The fourth-order valence-corrected chi connectivity index (χ4v) is 3.15. The molecule has 0 radical (unpaired) electrons. The molecule has 0 bridgehead atoms. The molecule has 1 aromatic carbocycles. The zero-order valence-electron chi connectivity index (χ0n) is 13.5. The van der Waals surface area contributed by atoms with Gasteiger partial charge in [-0.05, 0) is 36.4 Å². The van der Waals surface area contributed by atoms with Gasteiger partial charge in [0, 0.05) is 34.3 Å². The lowest BCUT2D eigenvalue weighted by molar-refractivity contribution is -0.125. The molecule has 3 aromatic rings. The van der Waals surface area contributed by atoms with Crippen LogP contribution in [-0.4, -0.2) is 15.9 Å². The molecular formula is C18H19N3O2S. The maximum atomic E-state index is 12.0. The lowest BCUT2D eigenvalue weighted by atomic mass is 10.1. The second-order valence-corrected chi connectivity index (χ2v) is 7.48. The van der Waals surface area contributed by atoms with Gasteiger partial charge in [-0.15, -0.1) is 11.3 Å². The van der Waals surface area contributed by atoms with Crippen LogP contribution in [-0.2, 0) is 17.9 Å². The number of amides is 1. The fraction of sp³-hybridized carbons (Fsp3) is 0.333. The first-order chi connectivity index (χ1) is 11.6. The van der Waals surface area contributed by atoms with Gasteiger partial charge in [0.2, 0.25) is 5.91 Å². The Morgan fingerprint density at radius 2 is 2.29 bits per heavy atom. The highest BCUT2D eigenvalue weighted by molar-refractivity contribution is 7.09. The van der Waals surface area contributed by atoms with E-state index >= 15 is 0 Å². The largest absolute Gasteiger partial charge is 0.486 e. The van der Waals surface area contributed by atoms with Crippen molar-refractivity contribution in [1.82, 2.24) is 15.3 Å². The molecule has 124 valence electrons. The molecule has 0 unspecified atom stereocenters. The standard InChI is InChI=1S/C18H19N3O2S/c1-18(4-5-18)17(22)20-10-13-8-12-2-3-14(9-15(12)21-13)23-11-16-19-6-7-24-16/h2-3,6-9,21H,4-5,10-11H2,1H3,(H,20,22). The number of H-pyrrole nitrogens is 1. The average molecular weight is 341 g/mol. The van der Waals surface area contributed by atoms with E-state index < -0.39 is 0 Å². The van der Waals surface area contributed by atoms with Gasteiger partial charge in [-0.3, -0.25) is 4.79 Å². The van der Waals surface area contributed by atoms with Crippen molar-refractivity contribution in [2.75, 3.05) is 0 Å². The van der Waals surface area contributed by atoms with Gasteiger partial charge in [0.15, 0.2) is 0 Å². The number of nitrogens with zero attached hydrogens (tertiary/aromatic N) is 1. The number of thiazole rings is 1. The summed E-state index contributed by atoms with van der Waals surface area (Å²) in [5.41, 5.74) is 1.87. The molecule has 4 rings (SSSR count). The third-order valence-electron chi connectivity index (χ3n) is 4.48. The Labute approximate surface area is 144 Å². The molecule has 24 heavy (non-hydrogen) atoms. The van der Waals surface area contributed by atoms with E-state index in [9.17, 15) is 4.79 Å². The number of aromatic amines is 1. The van der Waals surface area contributed by atoms with Crippen LogP contribution >= 0.6 is 11.3 Å². The Balaban J connectivity index is 1.42. The van der Waals surface area contributed by atoms with Crippen molar-refractivity contribution in [3.8, 4) is 5.75 Å². The van der Waals surface area contributed by atoms with Crippen LogP contribution < -0.4 is 10.1 Å².